The van der Waals surface area contributed by atoms with Gasteiger partial charge in [0.15, 0.2) is 0 Å². The lowest BCUT2D eigenvalue weighted by molar-refractivity contribution is -0.122. The van der Waals surface area contributed by atoms with Gasteiger partial charge < -0.3 is 16.0 Å². The molecule has 2 heterocycles. The fourth-order valence-electron chi connectivity index (χ4n) is 2.89. The van der Waals surface area contributed by atoms with Gasteiger partial charge in [0.2, 0.25) is 11.8 Å². The zero-order valence-corrected chi connectivity index (χ0v) is 13.4. The number of nitrogens with zero attached hydrogens (tertiary/aromatic N) is 2. The highest BCUT2D eigenvalue weighted by atomic mass is 16.2. The molecule has 0 radical (unpaired) electrons. The van der Waals surface area contributed by atoms with Gasteiger partial charge in [0.1, 0.15) is 6.54 Å². The van der Waals surface area contributed by atoms with Gasteiger partial charge >= 0.3 is 0 Å². The summed E-state index contributed by atoms with van der Waals surface area (Å²) in [5.41, 5.74) is 0.652. The quantitative estimate of drug-likeness (QED) is 0.696. The second kappa shape index (κ2) is 7.59. The number of piperidine rings is 1. The van der Waals surface area contributed by atoms with Crippen molar-refractivity contribution in [1.82, 2.24) is 20.4 Å². The van der Waals surface area contributed by atoms with Crippen molar-refractivity contribution in [2.45, 2.75) is 51.1 Å². The summed E-state index contributed by atoms with van der Waals surface area (Å²) in [6.45, 7) is 2.31. The Hall–Kier alpha value is -1.89. The maximum absolute atomic E-state index is 12.0. The number of anilines is 1. The number of hydrogen-bond donors (Lipinski definition) is 3. The molecule has 0 unspecified atom stereocenters. The van der Waals surface area contributed by atoms with Gasteiger partial charge in [-0.3, -0.25) is 14.3 Å². The molecule has 0 spiro atoms. The molecule has 7 nitrogen and oxygen atoms in total. The van der Waals surface area contributed by atoms with Crippen LogP contribution < -0.4 is 16.0 Å². The Morgan fingerprint density at radius 2 is 2.00 bits per heavy atom. The smallest absolute Gasteiger partial charge is 0.241 e. The van der Waals surface area contributed by atoms with Crippen LogP contribution in [0.4, 0.5) is 5.69 Å². The first-order valence-electron chi connectivity index (χ1n) is 8.51. The maximum Gasteiger partial charge on any atom is 0.241 e. The number of rotatable bonds is 7. The summed E-state index contributed by atoms with van der Waals surface area (Å²) in [4.78, 5) is 23.7. The van der Waals surface area contributed by atoms with E-state index >= 15 is 0 Å². The van der Waals surface area contributed by atoms with E-state index in [2.05, 4.69) is 21.0 Å². The minimum absolute atomic E-state index is 0.0190. The minimum Gasteiger partial charge on any atom is -0.352 e. The molecule has 0 aromatic carbocycles. The van der Waals surface area contributed by atoms with Crippen molar-refractivity contribution in [2.24, 2.45) is 5.92 Å². The average molecular weight is 319 g/mol. The van der Waals surface area contributed by atoms with Crippen LogP contribution in [0.2, 0.25) is 0 Å². The van der Waals surface area contributed by atoms with Crippen LogP contribution in [0.1, 0.15) is 38.5 Å². The summed E-state index contributed by atoms with van der Waals surface area (Å²) in [5.74, 6) is 0.640. The van der Waals surface area contributed by atoms with E-state index in [1.54, 1.807) is 17.1 Å². The SMILES string of the molecule is O=C(CCC1CCNCC1)Nc1cnn(CC(=O)NC2CC2)c1. The van der Waals surface area contributed by atoms with Crippen LogP contribution in [-0.4, -0.2) is 40.7 Å². The maximum atomic E-state index is 12.0. The van der Waals surface area contributed by atoms with Crippen LogP contribution in [0, 0.1) is 5.92 Å². The number of nitrogens with one attached hydrogen (secondary N) is 3. The number of carbonyl (C=O) groups excluding carboxylic acids is 2. The second-order valence-corrected chi connectivity index (χ2v) is 6.55. The Labute approximate surface area is 136 Å². The fraction of sp³-hybridized carbons (Fsp3) is 0.688. The third kappa shape index (κ3) is 5.35. The van der Waals surface area contributed by atoms with Crippen molar-refractivity contribution in [3.8, 4) is 0 Å². The Balaban J connectivity index is 1.38. The summed E-state index contributed by atoms with van der Waals surface area (Å²) in [6, 6.07) is 0.354. The van der Waals surface area contributed by atoms with Gasteiger partial charge in [-0.25, -0.2) is 0 Å². The molecule has 23 heavy (non-hydrogen) atoms. The molecule has 2 fully saturated rings. The molecule has 2 aliphatic rings. The summed E-state index contributed by atoms with van der Waals surface area (Å²) in [5, 5.41) is 13.2. The first kappa shape index (κ1) is 16.0. The average Bonchev–Trinajstić information content (AvgIpc) is 3.25. The molecule has 3 rings (SSSR count). The van der Waals surface area contributed by atoms with E-state index in [9.17, 15) is 9.59 Å². The van der Waals surface area contributed by atoms with E-state index in [1.165, 1.54) is 0 Å². The molecule has 1 aromatic heterocycles. The number of carbonyl (C=O) groups is 2. The fourth-order valence-corrected chi connectivity index (χ4v) is 2.89. The van der Waals surface area contributed by atoms with Crippen molar-refractivity contribution in [3.05, 3.63) is 12.4 Å². The monoisotopic (exact) mass is 319 g/mol. The van der Waals surface area contributed by atoms with Crippen LogP contribution in [-0.2, 0) is 16.1 Å². The third-order valence-corrected chi connectivity index (χ3v) is 4.40. The molecule has 2 amide bonds. The molecule has 7 heteroatoms. The molecule has 3 N–H and O–H groups in total. The highest BCUT2D eigenvalue weighted by Gasteiger charge is 2.23. The Morgan fingerprint density at radius 3 is 2.74 bits per heavy atom. The molecular formula is C16H25N5O2. The van der Waals surface area contributed by atoms with Gasteiger partial charge in [-0.05, 0) is 51.1 Å². The van der Waals surface area contributed by atoms with E-state index in [4.69, 9.17) is 0 Å². The van der Waals surface area contributed by atoms with Crippen molar-refractivity contribution in [3.63, 3.8) is 0 Å². The summed E-state index contributed by atoms with van der Waals surface area (Å²) >= 11 is 0. The lowest BCUT2D eigenvalue weighted by Crippen LogP contribution is -2.29. The molecule has 1 saturated heterocycles. The highest BCUT2D eigenvalue weighted by Crippen LogP contribution is 2.19. The first-order chi connectivity index (χ1) is 11.2. The lowest BCUT2D eigenvalue weighted by Gasteiger charge is -2.22. The summed E-state index contributed by atoms with van der Waals surface area (Å²) in [6.07, 6.45) is 9.22. The number of hydrogen-bond acceptors (Lipinski definition) is 4. The zero-order chi connectivity index (χ0) is 16.1. The number of amides is 2. The van der Waals surface area contributed by atoms with Gasteiger partial charge in [0.25, 0.3) is 0 Å². The normalized spacial score (nSPS) is 18.6. The van der Waals surface area contributed by atoms with Crippen molar-refractivity contribution in [2.75, 3.05) is 18.4 Å². The second-order valence-electron chi connectivity index (χ2n) is 6.55. The highest BCUT2D eigenvalue weighted by molar-refractivity contribution is 5.90. The zero-order valence-electron chi connectivity index (χ0n) is 13.4. The standard InChI is InChI=1S/C16H25N5O2/c22-15(4-1-12-5-7-17-8-6-12)20-14-9-18-21(10-14)11-16(23)19-13-2-3-13/h9-10,12-13,17H,1-8,11H2,(H,19,23)(H,20,22). The molecule has 1 aromatic rings. The van der Waals surface area contributed by atoms with E-state index in [0.29, 0.717) is 24.1 Å². The van der Waals surface area contributed by atoms with Crippen LogP contribution in [0.15, 0.2) is 12.4 Å². The molecule has 126 valence electrons. The van der Waals surface area contributed by atoms with E-state index in [-0.39, 0.29) is 18.4 Å². The van der Waals surface area contributed by atoms with Crippen molar-refractivity contribution in [1.29, 1.82) is 0 Å². The largest absolute Gasteiger partial charge is 0.352 e. The van der Waals surface area contributed by atoms with E-state index < -0.39 is 0 Å². The summed E-state index contributed by atoms with van der Waals surface area (Å²) in [7, 11) is 0. The molecule has 0 bridgehead atoms. The van der Waals surface area contributed by atoms with Gasteiger partial charge in [-0.2, -0.15) is 5.10 Å². The Morgan fingerprint density at radius 1 is 1.22 bits per heavy atom. The van der Waals surface area contributed by atoms with Crippen LogP contribution in [0.25, 0.3) is 0 Å². The number of aromatic nitrogens is 2. The predicted octanol–water partition coefficient (Wildman–Crippen LogP) is 0.880. The van der Waals surface area contributed by atoms with E-state index in [1.807, 2.05) is 0 Å². The predicted molar refractivity (Wildman–Crippen MR) is 86.8 cm³/mol. The molecular weight excluding hydrogens is 294 g/mol. The molecule has 0 atom stereocenters. The topological polar surface area (TPSA) is 88.1 Å². The Kier molecular flexibility index (Phi) is 5.27. The van der Waals surface area contributed by atoms with Gasteiger partial charge in [-0.1, -0.05) is 0 Å². The molecule has 1 aliphatic carbocycles. The molecule has 1 aliphatic heterocycles. The Bertz CT molecular complexity index is 546. The van der Waals surface area contributed by atoms with E-state index in [0.717, 1.165) is 45.2 Å². The van der Waals surface area contributed by atoms with Crippen molar-refractivity contribution < 1.29 is 9.59 Å². The van der Waals surface area contributed by atoms with Crippen LogP contribution in [0.3, 0.4) is 0 Å². The summed E-state index contributed by atoms with van der Waals surface area (Å²) < 4.78 is 1.56. The van der Waals surface area contributed by atoms with Crippen molar-refractivity contribution >= 4 is 17.5 Å². The van der Waals surface area contributed by atoms with Gasteiger partial charge in [-0.15, -0.1) is 0 Å². The van der Waals surface area contributed by atoms with Crippen LogP contribution in [0.5, 0.6) is 0 Å². The van der Waals surface area contributed by atoms with Gasteiger partial charge in [0.05, 0.1) is 11.9 Å². The van der Waals surface area contributed by atoms with Crippen LogP contribution >= 0.6 is 0 Å². The lowest BCUT2D eigenvalue weighted by atomic mass is 9.93. The third-order valence-electron chi connectivity index (χ3n) is 4.40. The minimum atomic E-state index is -0.0283. The van der Waals surface area contributed by atoms with Gasteiger partial charge in [0, 0.05) is 18.7 Å². The molecule has 1 saturated carbocycles. The first-order valence-corrected chi connectivity index (χ1v) is 8.51.